The predicted octanol–water partition coefficient (Wildman–Crippen LogP) is 4.17. The zero-order valence-corrected chi connectivity index (χ0v) is 21.4. The van der Waals surface area contributed by atoms with Crippen molar-refractivity contribution in [3.05, 3.63) is 117 Å². The van der Waals surface area contributed by atoms with Crippen molar-refractivity contribution in [1.29, 1.82) is 0 Å². The molecule has 0 radical (unpaired) electrons. The van der Waals surface area contributed by atoms with Crippen molar-refractivity contribution in [1.82, 2.24) is 15.6 Å². The lowest BCUT2D eigenvalue weighted by Gasteiger charge is -2.25. The van der Waals surface area contributed by atoms with Crippen LogP contribution < -0.4 is 16.2 Å². The largest absolute Gasteiger partial charge is 0.390 e. The number of aliphatic hydroxyl groups excluding tert-OH is 1. The SMILES string of the molecule is CCc1cccc(CNC[C@H](O)[C@H](Cc2cc(F)cc(F)c2)NC(=O)c2cc(=O)[nH]c3ccc(C)cc23)c1. The number of carbonyl (C=O) groups excluding carboxylic acids is 1. The summed E-state index contributed by atoms with van der Waals surface area (Å²) < 4.78 is 27.8. The van der Waals surface area contributed by atoms with E-state index in [9.17, 15) is 23.5 Å². The highest BCUT2D eigenvalue weighted by atomic mass is 19.1. The molecule has 0 unspecified atom stereocenters. The smallest absolute Gasteiger partial charge is 0.252 e. The van der Waals surface area contributed by atoms with Crippen LogP contribution in [0.3, 0.4) is 0 Å². The van der Waals surface area contributed by atoms with Crippen LogP contribution in [0.25, 0.3) is 10.9 Å². The van der Waals surface area contributed by atoms with E-state index in [1.54, 1.807) is 12.1 Å². The highest BCUT2D eigenvalue weighted by Gasteiger charge is 2.24. The van der Waals surface area contributed by atoms with Crippen LogP contribution in [0.2, 0.25) is 0 Å². The molecular weight excluding hydrogens is 488 g/mol. The highest BCUT2D eigenvalue weighted by Crippen LogP contribution is 2.18. The number of hydrogen-bond acceptors (Lipinski definition) is 4. The van der Waals surface area contributed by atoms with E-state index in [0.717, 1.165) is 23.6 Å². The monoisotopic (exact) mass is 519 g/mol. The van der Waals surface area contributed by atoms with E-state index in [1.807, 2.05) is 31.2 Å². The topological polar surface area (TPSA) is 94.2 Å². The second-order valence-corrected chi connectivity index (χ2v) is 9.53. The van der Waals surface area contributed by atoms with Crippen LogP contribution in [0.4, 0.5) is 8.78 Å². The molecule has 0 aliphatic heterocycles. The van der Waals surface area contributed by atoms with Crippen LogP contribution in [0.15, 0.2) is 71.5 Å². The third-order valence-electron chi connectivity index (χ3n) is 6.48. The second kappa shape index (κ2) is 12.1. The normalized spacial score (nSPS) is 12.9. The molecule has 198 valence electrons. The van der Waals surface area contributed by atoms with Gasteiger partial charge >= 0.3 is 0 Å². The number of pyridine rings is 1. The minimum absolute atomic E-state index is 0.0191. The standard InChI is InChI=1S/C30H31F2N3O3/c1-3-19-5-4-6-20(10-19)16-33-17-28(36)27(13-21-11-22(31)14-23(32)12-21)35-30(38)25-15-29(37)34-26-8-7-18(2)9-24(25)26/h4-12,14-15,27-28,33,36H,3,13,16-17H2,1-2H3,(H,34,37)(H,35,38)/t27-,28-/m0/s1. The van der Waals surface area contributed by atoms with Gasteiger partial charge in [0.2, 0.25) is 5.56 Å². The van der Waals surface area contributed by atoms with Gasteiger partial charge < -0.3 is 20.7 Å². The van der Waals surface area contributed by atoms with E-state index < -0.39 is 35.2 Å². The molecule has 38 heavy (non-hydrogen) atoms. The Balaban J connectivity index is 1.56. The molecular formula is C30H31F2N3O3. The van der Waals surface area contributed by atoms with Gasteiger partial charge in [0, 0.05) is 36.1 Å². The molecule has 1 amide bonds. The average Bonchev–Trinajstić information content (AvgIpc) is 2.87. The van der Waals surface area contributed by atoms with E-state index in [-0.39, 0.29) is 24.1 Å². The summed E-state index contributed by atoms with van der Waals surface area (Å²) in [5.41, 5.74) is 3.66. The van der Waals surface area contributed by atoms with Crippen molar-refractivity contribution >= 4 is 16.8 Å². The minimum atomic E-state index is -1.09. The van der Waals surface area contributed by atoms with Crippen LogP contribution in [-0.2, 0) is 19.4 Å². The number of fused-ring (bicyclic) bond motifs is 1. The van der Waals surface area contributed by atoms with Gasteiger partial charge in [0.15, 0.2) is 0 Å². The molecule has 0 bridgehead atoms. The molecule has 0 saturated carbocycles. The molecule has 3 aromatic carbocycles. The lowest BCUT2D eigenvalue weighted by atomic mass is 9.99. The number of nitrogens with one attached hydrogen (secondary N) is 3. The number of amides is 1. The summed E-state index contributed by atoms with van der Waals surface area (Å²) >= 11 is 0. The van der Waals surface area contributed by atoms with Crippen molar-refractivity contribution in [3.63, 3.8) is 0 Å². The number of aromatic nitrogens is 1. The van der Waals surface area contributed by atoms with Crippen molar-refractivity contribution in [2.45, 2.75) is 45.4 Å². The molecule has 2 atom stereocenters. The van der Waals surface area contributed by atoms with Crippen LogP contribution >= 0.6 is 0 Å². The Labute approximate surface area is 219 Å². The summed E-state index contributed by atoms with van der Waals surface area (Å²) in [5.74, 6) is -2.06. The van der Waals surface area contributed by atoms with Gasteiger partial charge in [-0.25, -0.2) is 8.78 Å². The van der Waals surface area contributed by atoms with Crippen LogP contribution in [0, 0.1) is 18.6 Å². The van der Waals surface area contributed by atoms with E-state index in [0.29, 0.717) is 17.4 Å². The first kappa shape index (κ1) is 27.2. The number of halogens is 2. The number of benzene rings is 3. The molecule has 1 aromatic heterocycles. The molecule has 0 saturated heterocycles. The summed E-state index contributed by atoms with van der Waals surface area (Å²) in [5, 5.41) is 17.6. The molecule has 0 aliphatic carbocycles. The van der Waals surface area contributed by atoms with Crippen molar-refractivity contribution in [2.24, 2.45) is 0 Å². The predicted molar refractivity (Wildman–Crippen MR) is 144 cm³/mol. The quantitative estimate of drug-likeness (QED) is 0.253. The maximum Gasteiger partial charge on any atom is 0.252 e. The van der Waals surface area contributed by atoms with Gasteiger partial charge in [0.25, 0.3) is 5.91 Å². The molecule has 4 N–H and O–H groups in total. The fourth-order valence-electron chi connectivity index (χ4n) is 4.53. The Kier molecular flexibility index (Phi) is 8.66. The molecule has 0 spiro atoms. The number of carbonyl (C=O) groups is 1. The molecule has 4 rings (SSSR count). The van der Waals surface area contributed by atoms with Crippen LogP contribution in [-0.4, -0.2) is 34.7 Å². The molecule has 6 nitrogen and oxygen atoms in total. The molecule has 8 heteroatoms. The van der Waals surface area contributed by atoms with Gasteiger partial charge in [0.1, 0.15) is 11.6 Å². The fourth-order valence-corrected chi connectivity index (χ4v) is 4.53. The molecule has 1 heterocycles. The Hall–Kier alpha value is -3.88. The fraction of sp³-hybridized carbons (Fsp3) is 0.267. The number of aromatic amines is 1. The Morgan fingerprint density at radius 2 is 1.71 bits per heavy atom. The third kappa shape index (κ3) is 6.90. The van der Waals surface area contributed by atoms with Gasteiger partial charge in [0.05, 0.1) is 17.7 Å². The van der Waals surface area contributed by atoms with Gasteiger partial charge in [-0.05, 0) is 60.7 Å². The summed E-state index contributed by atoms with van der Waals surface area (Å²) in [6.07, 6.45) is -0.199. The number of H-pyrrole nitrogens is 1. The third-order valence-corrected chi connectivity index (χ3v) is 6.48. The Bertz CT molecular complexity index is 1480. The van der Waals surface area contributed by atoms with Gasteiger partial charge in [-0.1, -0.05) is 42.8 Å². The number of aliphatic hydroxyl groups is 1. The first-order valence-corrected chi connectivity index (χ1v) is 12.6. The number of hydrogen-bond donors (Lipinski definition) is 4. The van der Waals surface area contributed by atoms with Gasteiger partial charge in [-0.3, -0.25) is 9.59 Å². The minimum Gasteiger partial charge on any atom is -0.390 e. The van der Waals surface area contributed by atoms with Crippen molar-refractivity contribution in [3.8, 4) is 0 Å². The number of rotatable bonds is 10. The number of aryl methyl sites for hydroxylation is 2. The molecule has 4 aromatic rings. The average molecular weight is 520 g/mol. The highest BCUT2D eigenvalue weighted by molar-refractivity contribution is 6.06. The van der Waals surface area contributed by atoms with E-state index in [2.05, 4.69) is 28.6 Å². The zero-order valence-electron chi connectivity index (χ0n) is 21.4. The Morgan fingerprint density at radius 1 is 0.974 bits per heavy atom. The first-order chi connectivity index (χ1) is 18.2. The summed E-state index contributed by atoms with van der Waals surface area (Å²) in [7, 11) is 0. The van der Waals surface area contributed by atoms with E-state index >= 15 is 0 Å². The summed E-state index contributed by atoms with van der Waals surface area (Å²) in [6, 6.07) is 16.8. The lowest BCUT2D eigenvalue weighted by molar-refractivity contribution is 0.0831. The van der Waals surface area contributed by atoms with Crippen LogP contribution in [0.5, 0.6) is 0 Å². The van der Waals surface area contributed by atoms with Crippen LogP contribution in [0.1, 0.15) is 39.5 Å². The molecule has 0 fully saturated rings. The Morgan fingerprint density at radius 3 is 2.45 bits per heavy atom. The molecule has 0 aliphatic rings. The summed E-state index contributed by atoms with van der Waals surface area (Å²) in [6.45, 7) is 4.57. The summed E-state index contributed by atoms with van der Waals surface area (Å²) in [4.78, 5) is 28.3. The maximum atomic E-state index is 13.9. The van der Waals surface area contributed by atoms with Gasteiger partial charge in [-0.2, -0.15) is 0 Å². The second-order valence-electron chi connectivity index (χ2n) is 9.53. The van der Waals surface area contributed by atoms with Gasteiger partial charge in [-0.15, -0.1) is 0 Å². The van der Waals surface area contributed by atoms with E-state index in [4.69, 9.17) is 0 Å². The van der Waals surface area contributed by atoms with Crippen molar-refractivity contribution < 1.29 is 18.7 Å². The maximum absolute atomic E-state index is 13.9. The lowest BCUT2D eigenvalue weighted by Crippen LogP contribution is -2.48. The zero-order chi connectivity index (χ0) is 27.2. The first-order valence-electron chi connectivity index (χ1n) is 12.6. The van der Waals surface area contributed by atoms with E-state index in [1.165, 1.54) is 23.8 Å². The van der Waals surface area contributed by atoms with Crippen molar-refractivity contribution in [2.75, 3.05) is 6.54 Å².